The van der Waals surface area contributed by atoms with Crippen molar-refractivity contribution < 1.29 is 22.1 Å². The van der Waals surface area contributed by atoms with Crippen molar-refractivity contribution >= 4 is 16.5 Å². The van der Waals surface area contributed by atoms with Crippen LogP contribution in [-0.4, -0.2) is 20.6 Å². The van der Waals surface area contributed by atoms with E-state index in [-0.39, 0.29) is 12.6 Å². The lowest BCUT2D eigenvalue weighted by Crippen LogP contribution is -2.38. The second-order valence-electron chi connectivity index (χ2n) is 5.01. The first-order valence-electron chi connectivity index (χ1n) is 6.97. The number of benzene rings is 1. The molecule has 7 heteroatoms. The fourth-order valence-corrected chi connectivity index (χ4v) is 3.20. The first-order valence-corrected chi connectivity index (χ1v) is 8.38. The summed E-state index contributed by atoms with van der Waals surface area (Å²) in [5.74, 6) is 0. The van der Waals surface area contributed by atoms with Crippen molar-refractivity contribution in [2.45, 2.75) is 44.8 Å². The van der Waals surface area contributed by atoms with E-state index >= 15 is 0 Å². The van der Waals surface area contributed by atoms with Gasteiger partial charge in [0.15, 0.2) is 0 Å². The Morgan fingerprint density at radius 3 is 2.48 bits per heavy atom. The summed E-state index contributed by atoms with van der Waals surface area (Å²) in [5, 5.41) is 0. The maximum Gasteiger partial charge on any atom is 0.525 e. The molecule has 0 saturated heterocycles. The molecule has 0 spiro atoms. The largest absolute Gasteiger partial charge is 0.525 e. The molecule has 0 amide bonds. The standard InChI is InChI=1S/C14H19NO5S/c16-14(19-11-12-7-3-1-4-8-12)20-21(17,18)15-13-9-5-2-6-10-13/h1,3-4,7-8,13,15H,2,5-6,9-11H2. The molecule has 1 aliphatic carbocycles. The van der Waals surface area contributed by atoms with Gasteiger partial charge < -0.3 is 4.74 Å². The summed E-state index contributed by atoms with van der Waals surface area (Å²) in [5.41, 5.74) is 0.757. The normalized spacial score (nSPS) is 16.4. The Hall–Kier alpha value is -1.60. The first kappa shape index (κ1) is 15.8. The fourth-order valence-electron chi connectivity index (χ4n) is 2.28. The summed E-state index contributed by atoms with van der Waals surface area (Å²) in [7, 11) is -4.11. The van der Waals surface area contributed by atoms with E-state index in [0.717, 1.165) is 37.7 Å². The predicted molar refractivity (Wildman–Crippen MR) is 76.6 cm³/mol. The monoisotopic (exact) mass is 313 g/mol. The minimum Gasteiger partial charge on any atom is -0.429 e. The molecule has 2 rings (SSSR count). The second-order valence-corrected chi connectivity index (χ2v) is 6.33. The number of ether oxygens (including phenoxy) is 1. The van der Waals surface area contributed by atoms with Gasteiger partial charge in [-0.2, -0.15) is 13.1 Å². The fraction of sp³-hybridized carbons (Fsp3) is 0.500. The molecular weight excluding hydrogens is 294 g/mol. The van der Waals surface area contributed by atoms with Gasteiger partial charge in [-0.25, -0.2) is 4.79 Å². The third-order valence-electron chi connectivity index (χ3n) is 3.29. The van der Waals surface area contributed by atoms with E-state index in [2.05, 4.69) is 8.91 Å². The molecule has 6 nitrogen and oxygen atoms in total. The number of rotatable bonds is 5. The molecule has 0 aromatic heterocycles. The maximum atomic E-state index is 11.7. The van der Waals surface area contributed by atoms with Crippen molar-refractivity contribution in [1.82, 2.24) is 4.72 Å². The Bertz CT molecular complexity index is 552. The lowest BCUT2D eigenvalue weighted by molar-refractivity contribution is 0.0941. The molecule has 1 aromatic rings. The first-order chi connectivity index (χ1) is 10.1. The Labute approximate surface area is 124 Å². The zero-order valence-electron chi connectivity index (χ0n) is 11.7. The van der Waals surface area contributed by atoms with Crippen molar-refractivity contribution in [1.29, 1.82) is 0 Å². The van der Waals surface area contributed by atoms with Crippen LogP contribution in [0.15, 0.2) is 30.3 Å². The lowest BCUT2D eigenvalue weighted by atomic mass is 9.96. The average Bonchev–Trinajstić information content (AvgIpc) is 2.46. The van der Waals surface area contributed by atoms with Crippen LogP contribution in [0.3, 0.4) is 0 Å². The van der Waals surface area contributed by atoms with Gasteiger partial charge in [-0.05, 0) is 18.4 Å². The van der Waals surface area contributed by atoms with Gasteiger partial charge in [0.1, 0.15) is 6.61 Å². The zero-order chi connectivity index (χ0) is 15.1. The molecule has 116 valence electrons. The van der Waals surface area contributed by atoms with E-state index in [9.17, 15) is 13.2 Å². The maximum absolute atomic E-state index is 11.7. The molecule has 1 N–H and O–H groups in total. The quantitative estimate of drug-likeness (QED) is 0.845. The zero-order valence-corrected chi connectivity index (χ0v) is 12.5. The lowest BCUT2D eigenvalue weighted by Gasteiger charge is -2.21. The second kappa shape index (κ2) is 7.42. The molecule has 0 unspecified atom stereocenters. The third kappa shape index (κ3) is 5.73. The highest BCUT2D eigenvalue weighted by atomic mass is 32.2. The summed E-state index contributed by atoms with van der Waals surface area (Å²) in [6.45, 7) is -0.0291. The molecule has 1 fully saturated rings. The Balaban J connectivity index is 1.77. The molecule has 1 saturated carbocycles. The van der Waals surface area contributed by atoms with E-state index in [1.165, 1.54) is 0 Å². The number of nitrogens with one attached hydrogen (secondary N) is 1. The molecular formula is C14H19NO5S. The molecule has 1 aromatic carbocycles. The van der Waals surface area contributed by atoms with Crippen molar-refractivity contribution in [3.8, 4) is 0 Å². The van der Waals surface area contributed by atoms with Crippen LogP contribution in [0.1, 0.15) is 37.7 Å². The summed E-state index contributed by atoms with van der Waals surface area (Å²) < 4.78 is 34.9. The number of carbonyl (C=O) groups excluding carboxylic acids is 1. The highest BCUT2D eigenvalue weighted by molar-refractivity contribution is 7.85. The van der Waals surface area contributed by atoms with Gasteiger partial charge in [-0.15, -0.1) is 0 Å². The topological polar surface area (TPSA) is 81.7 Å². The summed E-state index contributed by atoms with van der Waals surface area (Å²) in [6, 6.07) is 8.80. The highest BCUT2D eigenvalue weighted by Gasteiger charge is 2.24. The Kier molecular flexibility index (Phi) is 5.58. The van der Waals surface area contributed by atoms with E-state index in [1.807, 2.05) is 6.07 Å². The van der Waals surface area contributed by atoms with Gasteiger partial charge >= 0.3 is 16.5 Å². The molecule has 0 radical (unpaired) electrons. The van der Waals surface area contributed by atoms with Gasteiger partial charge in [-0.1, -0.05) is 49.6 Å². The van der Waals surface area contributed by atoms with Gasteiger partial charge in [0.25, 0.3) is 0 Å². The predicted octanol–water partition coefficient (Wildman–Crippen LogP) is 2.51. The molecule has 0 atom stereocenters. The van der Waals surface area contributed by atoms with Crippen molar-refractivity contribution in [3.63, 3.8) is 0 Å². The van der Waals surface area contributed by atoms with Gasteiger partial charge in [0.05, 0.1) is 0 Å². The molecule has 0 aliphatic heterocycles. The van der Waals surface area contributed by atoms with Crippen LogP contribution in [-0.2, 0) is 25.8 Å². The van der Waals surface area contributed by atoms with Crippen LogP contribution in [0.2, 0.25) is 0 Å². The van der Waals surface area contributed by atoms with E-state index < -0.39 is 16.5 Å². The van der Waals surface area contributed by atoms with Crippen LogP contribution >= 0.6 is 0 Å². The smallest absolute Gasteiger partial charge is 0.429 e. The van der Waals surface area contributed by atoms with Crippen molar-refractivity contribution in [2.75, 3.05) is 0 Å². The van der Waals surface area contributed by atoms with Crippen molar-refractivity contribution in [3.05, 3.63) is 35.9 Å². The van der Waals surface area contributed by atoms with Gasteiger partial charge in [0, 0.05) is 6.04 Å². The average molecular weight is 313 g/mol. The summed E-state index contributed by atoms with van der Waals surface area (Å²) >= 11 is 0. The van der Waals surface area contributed by atoms with Crippen LogP contribution in [0.25, 0.3) is 0 Å². The number of hydrogen-bond acceptors (Lipinski definition) is 5. The SMILES string of the molecule is O=C(OCc1ccccc1)OS(=O)(=O)NC1CCCCC1. The number of hydrogen-bond donors (Lipinski definition) is 1. The summed E-state index contributed by atoms with van der Waals surface area (Å²) in [4.78, 5) is 11.4. The van der Waals surface area contributed by atoms with Crippen LogP contribution < -0.4 is 4.72 Å². The third-order valence-corrected chi connectivity index (χ3v) is 4.27. The minimum atomic E-state index is -4.11. The Morgan fingerprint density at radius 2 is 1.81 bits per heavy atom. The van der Waals surface area contributed by atoms with Gasteiger partial charge in [0.2, 0.25) is 0 Å². The summed E-state index contributed by atoms with van der Waals surface area (Å²) in [6.07, 6.45) is 3.38. The minimum absolute atomic E-state index is 0.0291. The molecule has 1 aliphatic rings. The number of carbonyl (C=O) groups is 1. The van der Waals surface area contributed by atoms with Crippen LogP contribution in [0, 0.1) is 0 Å². The van der Waals surface area contributed by atoms with Gasteiger partial charge in [-0.3, -0.25) is 4.18 Å². The molecule has 0 bridgehead atoms. The van der Waals surface area contributed by atoms with E-state index in [0.29, 0.717) is 0 Å². The van der Waals surface area contributed by atoms with Crippen molar-refractivity contribution in [2.24, 2.45) is 0 Å². The highest BCUT2D eigenvalue weighted by Crippen LogP contribution is 2.18. The molecule has 0 heterocycles. The van der Waals surface area contributed by atoms with Crippen LogP contribution in [0.5, 0.6) is 0 Å². The Morgan fingerprint density at radius 1 is 1.14 bits per heavy atom. The van der Waals surface area contributed by atoms with E-state index in [4.69, 9.17) is 4.74 Å². The van der Waals surface area contributed by atoms with Crippen LogP contribution in [0.4, 0.5) is 4.79 Å². The van der Waals surface area contributed by atoms with E-state index in [1.54, 1.807) is 24.3 Å². The molecule has 21 heavy (non-hydrogen) atoms.